The second-order valence-corrected chi connectivity index (χ2v) is 8.13. The number of anilines is 1. The summed E-state index contributed by atoms with van der Waals surface area (Å²) in [6, 6.07) is 7.39. The van der Waals surface area contributed by atoms with Gasteiger partial charge >= 0.3 is 5.97 Å². The molecular formula is C16H19ClN2O4S2. The number of esters is 1. The van der Waals surface area contributed by atoms with E-state index >= 15 is 0 Å². The van der Waals surface area contributed by atoms with E-state index in [9.17, 15) is 13.2 Å². The number of para-hydroxylation sites is 1. The van der Waals surface area contributed by atoms with E-state index in [1.807, 2.05) is 18.2 Å². The molecule has 0 atom stereocenters. The van der Waals surface area contributed by atoms with Crippen LogP contribution in [0.2, 0.25) is 0 Å². The average Bonchev–Trinajstić information content (AvgIpc) is 2.83. The minimum Gasteiger partial charge on any atom is -0.465 e. The van der Waals surface area contributed by atoms with E-state index in [4.69, 9.17) is 4.74 Å². The number of hydrogen-bond acceptors (Lipinski definition) is 6. The number of hydrogen-bond donors (Lipinski definition) is 1. The first-order chi connectivity index (χ1) is 11.5. The Hall–Kier alpha value is -1.61. The molecule has 0 radical (unpaired) electrons. The van der Waals surface area contributed by atoms with Gasteiger partial charge in [0.05, 0.1) is 12.8 Å². The molecule has 1 aromatic heterocycles. The molecule has 0 bridgehead atoms. The van der Waals surface area contributed by atoms with Crippen molar-refractivity contribution in [3.63, 3.8) is 0 Å². The number of carbonyl (C=O) groups excluding carboxylic acids is 1. The molecule has 0 fully saturated rings. The van der Waals surface area contributed by atoms with Gasteiger partial charge in [-0.2, -0.15) is 0 Å². The SMILES string of the molecule is COC(=O)c1scc(C)c1S(=O)(=O)N1CCNCc2ccccc21.Cl. The lowest BCUT2D eigenvalue weighted by molar-refractivity contribution is 0.0602. The van der Waals surface area contributed by atoms with E-state index in [0.717, 1.165) is 16.9 Å². The highest BCUT2D eigenvalue weighted by molar-refractivity contribution is 7.93. The van der Waals surface area contributed by atoms with Crippen molar-refractivity contribution in [2.24, 2.45) is 0 Å². The lowest BCUT2D eigenvalue weighted by Gasteiger charge is -2.24. The van der Waals surface area contributed by atoms with Crippen LogP contribution in [0.5, 0.6) is 0 Å². The number of rotatable bonds is 3. The molecule has 3 rings (SSSR count). The molecule has 0 spiro atoms. The Balaban J connectivity index is 0.00000225. The molecule has 1 aromatic carbocycles. The molecule has 1 N–H and O–H groups in total. The van der Waals surface area contributed by atoms with E-state index in [1.165, 1.54) is 11.4 Å². The van der Waals surface area contributed by atoms with E-state index in [-0.39, 0.29) is 22.2 Å². The van der Waals surface area contributed by atoms with Gasteiger partial charge in [0.1, 0.15) is 9.77 Å². The molecule has 0 saturated heterocycles. The first kappa shape index (κ1) is 19.7. The third kappa shape index (κ3) is 3.52. The van der Waals surface area contributed by atoms with Crippen LogP contribution in [-0.4, -0.2) is 34.6 Å². The predicted octanol–water partition coefficient (Wildman–Crippen LogP) is 2.56. The van der Waals surface area contributed by atoms with Crippen molar-refractivity contribution in [3.05, 3.63) is 45.6 Å². The van der Waals surface area contributed by atoms with Crippen LogP contribution in [0.15, 0.2) is 34.5 Å². The van der Waals surface area contributed by atoms with Crippen LogP contribution >= 0.6 is 23.7 Å². The van der Waals surface area contributed by atoms with E-state index in [2.05, 4.69) is 5.32 Å². The number of sulfonamides is 1. The van der Waals surface area contributed by atoms with Crippen molar-refractivity contribution in [1.29, 1.82) is 0 Å². The van der Waals surface area contributed by atoms with E-state index in [1.54, 1.807) is 18.4 Å². The van der Waals surface area contributed by atoms with E-state index in [0.29, 0.717) is 30.9 Å². The Labute approximate surface area is 157 Å². The lowest BCUT2D eigenvalue weighted by atomic mass is 10.2. The summed E-state index contributed by atoms with van der Waals surface area (Å²) < 4.78 is 32.8. The van der Waals surface area contributed by atoms with Crippen molar-refractivity contribution < 1.29 is 17.9 Å². The van der Waals surface area contributed by atoms with Crippen LogP contribution in [0.4, 0.5) is 5.69 Å². The van der Waals surface area contributed by atoms with Gasteiger partial charge in [-0.15, -0.1) is 23.7 Å². The van der Waals surface area contributed by atoms with Gasteiger partial charge in [0.25, 0.3) is 10.0 Å². The minimum atomic E-state index is -3.87. The molecular weight excluding hydrogens is 384 g/mol. The van der Waals surface area contributed by atoms with E-state index < -0.39 is 16.0 Å². The van der Waals surface area contributed by atoms with Crippen LogP contribution < -0.4 is 9.62 Å². The summed E-state index contributed by atoms with van der Waals surface area (Å²) in [5, 5.41) is 4.89. The zero-order valence-corrected chi connectivity index (χ0v) is 16.3. The highest BCUT2D eigenvalue weighted by atomic mass is 35.5. The molecule has 0 aliphatic carbocycles. The predicted molar refractivity (Wildman–Crippen MR) is 100 cm³/mol. The molecule has 136 valence electrons. The number of nitrogens with zero attached hydrogens (tertiary/aromatic N) is 1. The van der Waals surface area contributed by atoms with Gasteiger partial charge in [-0.3, -0.25) is 4.31 Å². The molecule has 25 heavy (non-hydrogen) atoms. The normalized spacial score (nSPS) is 14.2. The lowest BCUT2D eigenvalue weighted by Crippen LogP contribution is -2.35. The second kappa shape index (κ2) is 7.74. The van der Waals surface area contributed by atoms with Crippen molar-refractivity contribution in [2.75, 3.05) is 24.5 Å². The van der Waals surface area contributed by atoms with Crippen molar-refractivity contribution in [2.45, 2.75) is 18.4 Å². The monoisotopic (exact) mass is 402 g/mol. The van der Waals surface area contributed by atoms with Crippen LogP contribution in [-0.2, 0) is 21.3 Å². The zero-order valence-electron chi connectivity index (χ0n) is 13.8. The number of ether oxygens (including phenoxy) is 1. The third-order valence-corrected chi connectivity index (χ3v) is 7.11. The Kier molecular flexibility index (Phi) is 6.10. The standard InChI is InChI=1S/C16H18N2O4S2.ClH/c1-11-10-23-14(16(19)22-2)15(11)24(20,21)18-8-7-17-9-12-5-3-4-6-13(12)18;/h3-6,10,17H,7-9H2,1-2H3;1H. The topological polar surface area (TPSA) is 75.7 Å². The molecule has 2 aromatic rings. The quantitative estimate of drug-likeness (QED) is 0.798. The van der Waals surface area contributed by atoms with Crippen molar-refractivity contribution >= 4 is 45.4 Å². The number of halogens is 1. The summed E-state index contributed by atoms with van der Waals surface area (Å²) in [7, 11) is -2.62. The number of fused-ring (bicyclic) bond motifs is 1. The fourth-order valence-electron chi connectivity index (χ4n) is 2.78. The summed E-state index contributed by atoms with van der Waals surface area (Å²) in [6.45, 7) is 3.13. The van der Waals surface area contributed by atoms with Gasteiger partial charge in [-0.25, -0.2) is 13.2 Å². The average molecular weight is 403 g/mol. The van der Waals surface area contributed by atoms with Crippen LogP contribution in [0.25, 0.3) is 0 Å². The molecule has 6 nitrogen and oxygen atoms in total. The Bertz CT molecular complexity index is 880. The number of nitrogens with one attached hydrogen (secondary N) is 1. The maximum atomic E-state index is 13.3. The van der Waals surface area contributed by atoms with Gasteiger partial charge in [0.15, 0.2) is 0 Å². The fourth-order valence-corrected chi connectivity index (χ4v) is 5.94. The summed E-state index contributed by atoms with van der Waals surface area (Å²) in [6.07, 6.45) is 0. The first-order valence-corrected chi connectivity index (χ1v) is 9.76. The smallest absolute Gasteiger partial charge is 0.349 e. The summed E-state index contributed by atoms with van der Waals surface area (Å²) in [5.74, 6) is -0.632. The largest absolute Gasteiger partial charge is 0.465 e. The van der Waals surface area contributed by atoms with Crippen molar-refractivity contribution in [1.82, 2.24) is 5.32 Å². The van der Waals surface area contributed by atoms with Gasteiger partial charge in [-0.05, 0) is 29.5 Å². The van der Waals surface area contributed by atoms with Gasteiger partial charge in [-0.1, -0.05) is 18.2 Å². The maximum absolute atomic E-state index is 13.3. The molecule has 1 aliphatic rings. The maximum Gasteiger partial charge on any atom is 0.349 e. The van der Waals surface area contributed by atoms with Crippen LogP contribution in [0.1, 0.15) is 20.8 Å². The number of benzene rings is 1. The highest BCUT2D eigenvalue weighted by Gasteiger charge is 2.34. The third-order valence-electron chi connectivity index (χ3n) is 3.90. The summed E-state index contributed by atoms with van der Waals surface area (Å²) >= 11 is 1.09. The molecule has 2 heterocycles. The Morgan fingerprint density at radius 1 is 1.32 bits per heavy atom. The molecule has 1 aliphatic heterocycles. The molecule has 0 saturated carbocycles. The number of carbonyl (C=O) groups is 1. The van der Waals surface area contributed by atoms with Gasteiger partial charge in [0, 0.05) is 19.6 Å². The summed E-state index contributed by atoms with van der Waals surface area (Å²) in [4.78, 5) is 12.1. The van der Waals surface area contributed by atoms with Crippen molar-refractivity contribution in [3.8, 4) is 0 Å². The van der Waals surface area contributed by atoms with Crippen LogP contribution in [0, 0.1) is 6.92 Å². The molecule has 9 heteroatoms. The first-order valence-electron chi connectivity index (χ1n) is 7.44. The minimum absolute atomic E-state index is 0. The number of thiophene rings is 1. The zero-order chi connectivity index (χ0) is 17.3. The molecule has 0 amide bonds. The fraction of sp³-hybridized carbons (Fsp3) is 0.312. The number of methoxy groups -OCH3 is 1. The Morgan fingerprint density at radius 2 is 2.04 bits per heavy atom. The number of aryl methyl sites for hydroxylation is 1. The second-order valence-electron chi connectivity index (χ2n) is 5.45. The highest BCUT2D eigenvalue weighted by Crippen LogP contribution is 2.34. The summed E-state index contributed by atoms with van der Waals surface area (Å²) in [5.41, 5.74) is 2.10. The Morgan fingerprint density at radius 3 is 2.76 bits per heavy atom. The van der Waals surface area contributed by atoms with Gasteiger partial charge in [0.2, 0.25) is 0 Å². The molecule has 0 unspecified atom stereocenters. The van der Waals surface area contributed by atoms with Crippen LogP contribution in [0.3, 0.4) is 0 Å². The van der Waals surface area contributed by atoms with Gasteiger partial charge < -0.3 is 10.1 Å².